The van der Waals surface area contributed by atoms with Crippen molar-refractivity contribution in [3.05, 3.63) is 24.3 Å². The number of rotatable bonds is 0. The Hall–Kier alpha value is -0.520. The van der Waals surface area contributed by atoms with Gasteiger partial charge in [0.05, 0.1) is 0 Å². The van der Waals surface area contributed by atoms with Crippen molar-refractivity contribution >= 4 is 0 Å². The highest BCUT2D eigenvalue weighted by atomic mass is 14.0. The summed E-state index contributed by atoms with van der Waals surface area (Å²) in [5.74, 6) is 0. The van der Waals surface area contributed by atoms with Crippen LogP contribution in [-0.2, 0) is 0 Å². The summed E-state index contributed by atoms with van der Waals surface area (Å²) in [6, 6.07) is 0. The first-order chi connectivity index (χ1) is 5.50. The predicted molar refractivity (Wildman–Crippen MR) is 50.6 cm³/mol. The molecule has 1 aliphatic carbocycles. The SMILES string of the molecule is C1=C/CCCCCCC/C=C/1. The molecule has 11 heavy (non-hydrogen) atoms. The Morgan fingerprint density at radius 3 is 1.55 bits per heavy atom. The third kappa shape index (κ3) is 4.83. The van der Waals surface area contributed by atoms with Gasteiger partial charge >= 0.3 is 0 Å². The van der Waals surface area contributed by atoms with Crippen molar-refractivity contribution < 1.29 is 0 Å². The van der Waals surface area contributed by atoms with Gasteiger partial charge in [0.1, 0.15) is 0 Å². The first-order valence-corrected chi connectivity index (χ1v) is 4.82. The zero-order valence-corrected chi connectivity index (χ0v) is 7.26. The molecule has 0 heteroatoms. The van der Waals surface area contributed by atoms with Gasteiger partial charge in [0.2, 0.25) is 0 Å². The molecular weight excluding hydrogens is 132 g/mol. The molecular formula is C11H18. The van der Waals surface area contributed by atoms with Gasteiger partial charge in [-0.2, -0.15) is 0 Å². The summed E-state index contributed by atoms with van der Waals surface area (Å²) in [4.78, 5) is 0. The fourth-order valence-electron chi connectivity index (χ4n) is 1.40. The van der Waals surface area contributed by atoms with Crippen LogP contribution in [0.3, 0.4) is 0 Å². The molecule has 0 fully saturated rings. The standard InChI is InChI=1S/C11H18/c1-2-4-6-8-10-11-9-7-5-3-1/h1-4H,5-11H2/b3-1+,4-2+. The summed E-state index contributed by atoms with van der Waals surface area (Å²) in [7, 11) is 0. The first kappa shape index (κ1) is 8.58. The minimum Gasteiger partial charge on any atom is -0.0845 e. The summed E-state index contributed by atoms with van der Waals surface area (Å²) >= 11 is 0. The van der Waals surface area contributed by atoms with E-state index in [1.165, 1.54) is 44.9 Å². The molecule has 0 amide bonds. The average molecular weight is 150 g/mol. The van der Waals surface area contributed by atoms with E-state index in [1.54, 1.807) is 0 Å². The molecule has 0 aliphatic heterocycles. The molecule has 0 bridgehead atoms. The van der Waals surface area contributed by atoms with Crippen LogP contribution in [0.25, 0.3) is 0 Å². The van der Waals surface area contributed by atoms with Crippen molar-refractivity contribution in [1.29, 1.82) is 0 Å². The van der Waals surface area contributed by atoms with Crippen LogP contribution in [-0.4, -0.2) is 0 Å². The van der Waals surface area contributed by atoms with Gasteiger partial charge in [-0.3, -0.25) is 0 Å². The molecule has 0 aromatic rings. The lowest BCUT2D eigenvalue weighted by atomic mass is 10.1. The molecule has 0 nitrogen and oxygen atoms in total. The lowest BCUT2D eigenvalue weighted by Crippen LogP contribution is -1.76. The molecule has 0 N–H and O–H groups in total. The molecule has 0 unspecified atom stereocenters. The van der Waals surface area contributed by atoms with Crippen molar-refractivity contribution in [3.63, 3.8) is 0 Å². The molecule has 0 saturated heterocycles. The van der Waals surface area contributed by atoms with Crippen molar-refractivity contribution in [2.45, 2.75) is 44.9 Å². The molecule has 1 rings (SSSR count). The maximum atomic E-state index is 2.28. The minimum absolute atomic E-state index is 1.27. The first-order valence-electron chi connectivity index (χ1n) is 4.82. The Labute approximate surface area is 70.0 Å². The lowest BCUT2D eigenvalue weighted by Gasteiger charge is -1.96. The molecule has 0 radical (unpaired) electrons. The zero-order chi connectivity index (χ0) is 7.78. The summed E-state index contributed by atoms with van der Waals surface area (Å²) < 4.78 is 0. The quantitative estimate of drug-likeness (QED) is 0.492. The Kier molecular flexibility index (Phi) is 4.84. The third-order valence-electron chi connectivity index (χ3n) is 2.12. The molecule has 0 heterocycles. The fourth-order valence-corrected chi connectivity index (χ4v) is 1.40. The molecule has 0 spiro atoms. The average Bonchev–Trinajstić information content (AvgIpc) is 2.08. The van der Waals surface area contributed by atoms with Crippen molar-refractivity contribution in [1.82, 2.24) is 0 Å². The van der Waals surface area contributed by atoms with E-state index in [0.29, 0.717) is 0 Å². The second-order valence-corrected chi connectivity index (χ2v) is 3.20. The molecule has 0 atom stereocenters. The highest BCUT2D eigenvalue weighted by molar-refractivity contribution is 5.02. The van der Waals surface area contributed by atoms with E-state index in [1.807, 2.05) is 0 Å². The van der Waals surface area contributed by atoms with Crippen LogP contribution in [0.2, 0.25) is 0 Å². The molecule has 62 valence electrons. The van der Waals surface area contributed by atoms with Gasteiger partial charge in [0, 0.05) is 0 Å². The van der Waals surface area contributed by atoms with Crippen LogP contribution >= 0.6 is 0 Å². The van der Waals surface area contributed by atoms with Crippen LogP contribution in [0.5, 0.6) is 0 Å². The van der Waals surface area contributed by atoms with Crippen LogP contribution < -0.4 is 0 Å². The van der Waals surface area contributed by atoms with E-state index in [4.69, 9.17) is 0 Å². The predicted octanol–water partition coefficient (Wildman–Crippen LogP) is 3.84. The number of hydrogen-bond donors (Lipinski definition) is 0. The Bertz CT molecular complexity index is 115. The maximum absolute atomic E-state index is 2.28. The van der Waals surface area contributed by atoms with E-state index in [-0.39, 0.29) is 0 Å². The third-order valence-corrected chi connectivity index (χ3v) is 2.12. The summed E-state index contributed by atoms with van der Waals surface area (Å²) in [6.45, 7) is 0. The molecule has 0 aromatic carbocycles. The van der Waals surface area contributed by atoms with Gasteiger partial charge in [-0.05, 0) is 25.7 Å². The molecule has 0 saturated carbocycles. The van der Waals surface area contributed by atoms with Crippen LogP contribution in [0.4, 0.5) is 0 Å². The Balaban J connectivity index is 2.22. The highest BCUT2D eigenvalue weighted by Crippen LogP contribution is 2.09. The van der Waals surface area contributed by atoms with Gasteiger partial charge in [0.15, 0.2) is 0 Å². The summed E-state index contributed by atoms with van der Waals surface area (Å²) in [5, 5.41) is 0. The summed E-state index contributed by atoms with van der Waals surface area (Å²) in [5.41, 5.74) is 0. The maximum Gasteiger partial charge on any atom is -0.0348 e. The van der Waals surface area contributed by atoms with Crippen molar-refractivity contribution in [3.8, 4) is 0 Å². The molecule has 1 aliphatic rings. The Morgan fingerprint density at radius 1 is 0.545 bits per heavy atom. The lowest BCUT2D eigenvalue weighted by molar-refractivity contribution is 0.623. The van der Waals surface area contributed by atoms with Gasteiger partial charge in [-0.25, -0.2) is 0 Å². The topological polar surface area (TPSA) is 0 Å². The van der Waals surface area contributed by atoms with Crippen LogP contribution in [0.15, 0.2) is 24.3 Å². The van der Waals surface area contributed by atoms with Gasteiger partial charge < -0.3 is 0 Å². The van der Waals surface area contributed by atoms with E-state index >= 15 is 0 Å². The second kappa shape index (κ2) is 6.21. The number of hydrogen-bond acceptors (Lipinski definition) is 0. The van der Waals surface area contributed by atoms with Gasteiger partial charge in [-0.1, -0.05) is 43.6 Å². The van der Waals surface area contributed by atoms with Crippen molar-refractivity contribution in [2.75, 3.05) is 0 Å². The van der Waals surface area contributed by atoms with E-state index in [2.05, 4.69) is 24.3 Å². The largest absolute Gasteiger partial charge is 0.0845 e. The van der Waals surface area contributed by atoms with E-state index in [9.17, 15) is 0 Å². The van der Waals surface area contributed by atoms with Crippen LogP contribution in [0.1, 0.15) is 44.9 Å². The minimum atomic E-state index is 1.27. The van der Waals surface area contributed by atoms with Gasteiger partial charge in [0.25, 0.3) is 0 Å². The number of allylic oxidation sites excluding steroid dienone is 4. The second-order valence-electron chi connectivity index (χ2n) is 3.20. The fraction of sp³-hybridized carbons (Fsp3) is 0.636. The van der Waals surface area contributed by atoms with E-state index < -0.39 is 0 Å². The van der Waals surface area contributed by atoms with Crippen LogP contribution in [0, 0.1) is 0 Å². The zero-order valence-electron chi connectivity index (χ0n) is 7.26. The smallest absolute Gasteiger partial charge is 0.0348 e. The monoisotopic (exact) mass is 150 g/mol. The normalized spacial score (nSPS) is 26.9. The van der Waals surface area contributed by atoms with Crippen molar-refractivity contribution in [2.24, 2.45) is 0 Å². The Morgan fingerprint density at radius 2 is 1.00 bits per heavy atom. The highest BCUT2D eigenvalue weighted by Gasteiger charge is 1.89. The summed E-state index contributed by atoms with van der Waals surface area (Å²) in [6.07, 6.45) is 18.5. The molecule has 0 aromatic heterocycles. The van der Waals surface area contributed by atoms with Gasteiger partial charge in [-0.15, -0.1) is 0 Å². The van der Waals surface area contributed by atoms with E-state index in [0.717, 1.165) is 0 Å².